The van der Waals surface area contributed by atoms with E-state index in [1.165, 1.54) is 18.3 Å². The number of hydrogen-bond donors (Lipinski definition) is 2. The number of halogens is 2. The van der Waals surface area contributed by atoms with Crippen molar-refractivity contribution in [2.24, 2.45) is 0 Å². The molecule has 0 aliphatic heterocycles. The van der Waals surface area contributed by atoms with Crippen molar-refractivity contribution < 1.29 is 19.4 Å². The van der Waals surface area contributed by atoms with Crippen LogP contribution in [0.4, 0.5) is 4.39 Å². The minimum absolute atomic E-state index is 0.0257. The normalized spacial score (nSPS) is 10.3. The molecule has 0 radical (unpaired) electrons. The van der Waals surface area contributed by atoms with Gasteiger partial charge in [0.15, 0.2) is 0 Å². The summed E-state index contributed by atoms with van der Waals surface area (Å²) in [6.45, 7) is 0. The van der Waals surface area contributed by atoms with Gasteiger partial charge in [-0.05, 0) is 18.2 Å². The van der Waals surface area contributed by atoms with E-state index in [2.05, 4.69) is 4.98 Å². The van der Waals surface area contributed by atoms with E-state index < -0.39 is 11.8 Å². The van der Waals surface area contributed by atoms with E-state index in [4.69, 9.17) is 16.7 Å². The van der Waals surface area contributed by atoms with Gasteiger partial charge < -0.3 is 10.2 Å². The van der Waals surface area contributed by atoms with Gasteiger partial charge in [0, 0.05) is 23.4 Å². The second-order valence-electron chi connectivity index (χ2n) is 3.52. The van der Waals surface area contributed by atoms with E-state index in [-0.39, 0.29) is 27.6 Å². The zero-order valence-electron chi connectivity index (χ0n) is 8.89. The second kappa shape index (κ2) is 4.62. The number of carboxylic acid groups (broad SMARTS) is 1. The van der Waals surface area contributed by atoms with Gasteiger partial charge in [-0.3, -0.25) is 0 Å². The van der Waals surface area contributed by atoms with Gasteiger partial charge in [0.25, 0.3) is 0 Å². The first-order chi connectivity index (χ1) is 8.49. The molecule has 0 bridgehead atoms. The van der Waals surface area contributed by atoms with E-state index in [1.807, 2.05) is 0 Å². The highest BCUT2D eigenvalue weighted by Crippen LogP contribution is 2.32. The van der Waals surface area contributed by atoms with Crippen LogP contribution >= 0.6 is 11.6 Å². The third kappa shape index (κ3) is 2.26. The molecule has 0 amide bonds. The summed E-state index contributed by atoms with van der Waals surface area (Å²) in [4.78, 5) is 14.8. The largest absolute Gasteiger partial charge is 0.507 e. The molecule has 1 aromatic carbocycles. The summed E-state index contributed by atoms with van der Waals surface area (Å²) in [6.07, 6.45) is 1.22. The molecule has 2 aromatic rings. The SMILES string of the molecule is O=C(O)c1cc(Cl)ncc1-c1ccc(F)cc1O. The highest BCUT2D eigenvalue weighted by molar-refractivity contribution is 6.29. The number of aromatic carboxylic acids is 1. The maximum Gasteiger partial charge on any atom is 0.336 e. The average Bonchev–Trinajstić information content (AvgIpc) is 2.29. The van der Waals surface area contributed by atoms with Crippen molar-refractivity contribution >= 4 is 17.6 Å². The number of rotatable bonds is 2. The number of benzene rings is 1. The van der Waals surface area contributed by atoms with Gasteiger partial charge in [-0.2, -0.15) is 0 Å². The Hall–Kier alpha value is -2.14. The number of phenolic OH excluding ortho intramolecular Hbond substituents is 1. The quantitative estimate of drug-likeness (QED) is 0.821. The predicted molar refractivity (Wildman–Crippen MR) is 63.3 cm³/mol. The molecule has 0 saturated carbocycles. The zero-order valence-corrected chi connectivity index (χ0v) is 9.65. The number of pyridine rings is 1. The third-order valence-corrected chi connectivity index (χ3v) is 2.56. The van der Waals surface area contributed by atoms with Crippen LogP contribution in [0.3, 0.4) is 0 Å². The number of carboxylic acids is 1. The first kappa shape index (κ1) is 12.3. The minimum Gasteiger partial charge on any atom is -0.507 e. The van der Waals surface area contributed by atoms with Crippen molar-refractivity contribution in [1.29, 1.82) is 0 Å². The Morgan fingerprint density at radius 2 is 2.00 bits per heavy atom. The molecule has 18 heavy (non-hydrogen) atoms. The molecule has 4 nitrogen and oxygen atoms in total. The fourth-order valence-electron chi connectivity index (χ4n) is 1.55. The van der Waals surface area contributed by atoms with Crippen LogP contribution < -0.4 is 0 Å². The zero-order chi connectivity index (χ0) is 13.3. The molecule has 0 aliphatic carbocycles. The Morgan fingerprint density at radius 3 is 2.61 bits per heavy atom. The van der Waals surface area contributed by atoms with Crippen LogP contribution in [0.5, 0.6) is 5.75 Å². The summed E-state index contributed by atoms with van der Waals surface area (Å²) in [6, 6.07) is 4.47. The number of aromatic nitrogens is 1. The molecule has 1 aromatic heterocycles. The third-order valence-electron chi connectivity index (χ3n) is 2.35. The molecule has 2 N–H and O–H groups in total. The van der Waals surface area contributed by atoms with Crippen molar-refractivity contribution in [3.05, 3.63) is 47.0 Å². The molecule has 92 valence electrons. The van der Waals surface area contributed by atoms with Crippen LogP contribution in [0.2, 0.25) is 5.15 Å². The van der Waals surface area contributed by atoms with Gasteiger partial charge >= 0.3 is 5.97 Å². The highest BCUT2D eigenvalue weighted by Gasteiger charge is 2.16. The summed E-state index contributed by atoms with van der Waals surface area (Å²) >= 11 is 5.62. The molecular weight excluding hydrogens is 261 g/mol. The summed E-state index contributed by atoms with van der Waals surface area (Å²) in [5, 5.41) is 18.7. The molecule has 2 rings (SSSR count). The first-order valence-corrected chi connectivity index (χ1v) is 5.24. The van der Waals surface area contributed by atoms with Gasteiger partial charge in [0.2, 0.25) is 0 Å². The van der Waals surface area contributed by atoms with Crippen LogP contribution in [-0.4, -0.2) is 21.2 Å². The first-order valence-electron chi connectivity index (χ1n) is 4.87. The van der Waals surface area contributed by atoms with Crippen LogP contribution in [0, 0.1) is 5.82 Å². The molecule has 0 atom stereocenters. The lowest BCUT2D eigenvalue weighted by atomic mass is 10.0. The van der Waals surface area contributed by atoms with E-state index in [1.54, 1.807) is 0 Å². The monoisotopic (exact) mass is 267 g/mol. The Morgan fingerprint density at radius 1 is 1.28 bits per heavy atom. The number of carbonyl (C=O) groups is 1. The summed E-state index contributed by atoms with van der Waals surface area (Å²) in [7, 11) is 0. The maximum absolute atomic E-state index is 12.9. The Bertz CT molecular complexity index is 631. The fraction of sp³-hybridized carbons (Fsp3) is 0. The predicted octanol–water partition coefficient (Wildman–Crippen LogP) is 2.94. The minimum atomic E-state index is -1.21. The topological polar surface area (TPSA) is 70.4 Å². The maximum atomic E-state index is 12.9. The van der Waals surface area contributed by atoms with Gasteiger partial charge in [-0.25, -0.2) is 14.2 Å². The standard InChI is InChI=1S/C12H7ClFNO3/c13-11-4-8(12(17)18)9(5-15-11)7-2-1-6(14)3-10(7)16/h1-5,16H,(H,17,18). The van der Waals surface area contributed by atoms with Crippen molar-refractivity contribution in [2.75, 3.05) is 0 Å². The lowest BCUT2D eigenvalue weighted by molar-refractivity contribution is 0.0697. The fourth-order valence-corrected chi connectivity index (χ4v) is 1.71. The Labute approximate surface area is 106 Å². The Kier molecular flexibility index (Phi) is 3.16. The summed E-state index contributed by atoms with van der Waals surface area (Å²) in [5.41, 5.74) is 0.235. The number of phenols is 1. The lowest BCUT2D eigenvalue weighted by Gasteiger charge is -2.08. The van der Waals surface area contributed by atoms with Gasteiger partial charge in [0.05, 0.1) is 5.56 Å². The van der Waals surface area contributed by atoms with Gasteiger partial charge in [-0.15, -0.1) is 0 Å². The van der Waals surface area contributed by atoms with Crippen LogP contribution in [0.15, 0.2) is 30.5 Å². The molecule has 0 aliphatic rings. The number of nitrogens with zero attached hydrogens (tertiary/aromatic N) is 1. The lowest BCUT2D eigenvalue weighted by Crippen LogP contribution is -2.00. The van der Waals surface area contributed by atoms with Crippen molar-refractivity contribution in [3.8, 4) is 16.9 Å². The molecule has 6 heteroatoms. The molecule has 0 unspecified atom stereocenters. The molecule has 0 fully saturated rings. The van der Waals surface area contributed by atoms with E-state index in [0.29, 0.717) is 0 Å². The summed E-state index contributed by atoms with van der Waals surface area (Å²) < 4.78 is 12.9. The van der Waals surface area contributed by atoms with E-state index >= 15 is 0 Å². The second-order valence-corrected chi connectivity index (χ2v) is 3.91. The molecule has 1 heterocycles. The van der Waals surface area contributed by atoms with E-state index in [9.17, 15) is 14.3 Å². The van der Waals surface area contributed by atoms with Crippen molar-refractivity contribution in [2.45, 2.75) is 0 Å². The Balaban J connectivity index is 2.67. The van der Waals surface area contributed by atoms with Crippen molar-refractivity contribution in [3.63, 3.8) is 0 Å². The molecule has 0 saturated heterocycles. The molecule has 0 spiro atoms. The number of hydrogen-bond acceptors (Lipinski definition) is 3. The average molecular weight is 268 g/mol. The van der Waals surface area contributed by atoms with Crippen LogP contribution in [-0.2, 0) is 0 Å². The van der Waals surface area contributed by atoms with E-state index in [0.717, 1.165) is 12.1 Å². The van der Waals surface area contributed by atoms with Crippen LogP contribution in [0.25, 0.3) is 11.1 Å². The molecular formula is C12H7ClFNO3. The summed E-state index contributed by atoms with van der Waals surface area (Å²) in [5.74, 6) is -2.19. The van der Waals surface area contributed by atoms with Gasteiger partial charge in [-0.1, -0.05) is 11.6 Å². The number of aromatic hydroxyl groups is 1. The smallest absolute Gasteiger partial charge is 0.336 e. The highest BCUT2D eigenvalue weighted by atomic mass is 35.5. The van der Waals surface area contributed by atoms with Gasteiger partial charge in [0.1, 0.15) is 16.7 Å². The van der Waals surface area contributed by atoms with Crippen molar-refractivity contribution in [1.82, 2.24) is 4.98 Å². The van der Waals surface area contributed by atoms with Crippen LogP contribution in [0.1, 0.15) is 10.4 Å².